The zero-order valence-corrected chi connectivity index (χ0v) is 11.8. The molecule has 0 aromatic heterocycles. The van der Waals surface area contributed by atoms with Crippen LogP contribution in [0.25, 0.3) is 0 Å². The Bertz CT molecular complexity index is 397. The number of fused-ring (bicyclic) bond motifs is 1. The predicted octanol–water partition coefficient (Wildman–Crippen LogP) is 2.27. The second-order valence-electron chi connectivity index (χ2n) is 5.27. The number of rotatable bonds is 2. The molecule has 2 aliphatic rings. The minimum absolute atomic E-state index is 1.05. The molecule has 0 saturated carbocycles. The molecule has 0 aliphatic carbocycles. The number of thioether (sulfide) groups is 1. The van der Waals surface area contributed by atoms with Gasteiger partial charge in [0.15, 0.2) is 0 Å². The van der Waals surface area contributed by atoms with Crippen LogP contribution < -0.4 is 5.32 Å². The third-order valence-corrected chi connectivity index (χ3v) is 4.93. The van der Waals surface area contributed by atoms with Crippen LogP contribution in [0.4, 0.5) is 0 Å². The van der Waals surface area contributed by atoms with Gasteiger partial charge in [-0.3, -0.25) is 4.90 Å². The molecule has 18 heavy (non-hydrogen) atoms. The van der Waals surface area contributed by atoms with Gasteiger partial charge in [0.2, 0.25) is 0 Å². The molecule has 0 bridgehead atoms. The van der Waals surface area contributed by atoms with Crippen LogP contribution in [0.1, 0.15) is 23.1 Å². The maximum Gasteiger partial charge on any atom is 0.0234 e. The molecule has 1 fully saturated rings. The molecule has 2 nitrogen and oxygen atoms in total. The quantitative estimate of drug-likeness (QED) is 0.880. The second kappa shape index (κ2) is 6.09. The second-order valence-corrected chi connectivity index (χ2v) is 6.50. The smallest absolute Gasteiger partial charge is 0.0234 e. The fourth-order valence-corrected chi connectivity index (χ4v) is 3.77. The summed E-state index contributed by atoms with van der Waals surface area (Å²) in [5.74, 6) is 2.64. The number of nitrogens with zero attached hydrogens (tertiary/aromatic N) is 1. The lowest BCUT2D eigenvalue weighted by atomic mass is 9.98. The van der Waals surface area contributed by atoms with E-state index in [-0.39, 0.29) is 0 Å². The predicted molar refractivity (Wildman–Crippen MR) is 79.1 cm³/mol. The van der Waals surface area contributed by atoms with E-state index in [0.29, 0.717) is 0 Å². The van der Waals surface area contributed by atoms with Crippen LogP contribution in [0.3, 0.4) is 0 Å². The maximum absolute atomic E-state index is 3.46. The van der Waals surface area contributed by atoms with Gasteiger partial charge in [-0.1, -0.05) is 18.2 Å². The van der Waals surface area contributed by atoms with Crippen LogP contribution in [-0.2, 0) is 19.5 Å². The number of hydrogen-bond acceptors (Lipinski definition) is 3. The average molecular weight is 262 g/mol. The molecule has 3 rings (SSSR count). The molecule has 1 aromatic carbocycles. The fourth-order valence-electron chi connectivity index (χ4n) is 2.85. The van der Waals surface area contributed by atoms with Crippen LogP contribution >= 0.6 is 11.8 Å². The van der Waals surface area contributed by atoms with E-state index < -0.39 is 0 Å². The molecule has 0 unspecified atom stereocenters. The summed E-state index contributed by atoms with van der Waals surface area (Å²) in [5.41, 5.74) is 4.55. The van der Waals surface area contributed by atoms with Crippen LogP contribution in [-0.4, -0.2) is 36.0 Å². The molecule has 2 heterocycles. The molecule has 98 valence electrons. The first-order valence-corrected chi connectivity index (χ1v) is 8.19. The van der Waals surface area contributed by atoms with E-state index in [2.05, 4.69) is 40.2 Å². The highest BCUT2D eigenvalue weighted by atomic mass is 32.2. The first-order chi connectivity index (χ1) is 8.92. The van der Waals surface area contributed by atoms with Crippen molar-refractivity contribution >= 4 is 11.8 Å². The van der Waals surface area contributed by atoms with Crippen molar-refractivity contribution in [2.75, 3.05) is 31.1 Å². The summed E-state index contributed by atoms with van der Waals surface area (Å²) in [6.45, 7) is 5.84. The summed E-state index contributed by atoms with van der Waals surface area (Å²) in [7, 11) is 0. The van der Waals surface area contributed by atoms with Crippen molar-refractivity contribution in [2.24, 2.45) is 0 Å². The first-order valence-electron chi connectivity index (χ1n) is 7.03. The summed E-state index contributed by atoms with van der Waals surface area (Å²) in [6.07, 6.45) is 2.53. The Morgan fingerprint density at radius 1 is 1.17 bits per heavy atom. The molecule has 0 amide bonds. The van der Waals surface area contributed by atoms with Gasteiger partial charge >= 0.3 is 0 Å². The number of hydrogen-bond donors (Lipinski definition) is 1. The Balaban J connectivity index is 1.68. The highest BCUT2D eigenvalue weighted by Crippen LogP contribution is 2.18. The number of benzene rings is 1. The molecule has 0 atom stereocenters. The molecule has 1 aromatic rings. The summed E-state index contributed by atoms with van der Waals surface area (Å²) < 4.78 is 0. The van der Waals surface area contributed by atoms with E-state index in [0.717, 1.165) is 19.6 Å². The van der Waals surface area contributed by atoms with Crippen molar-refractivity contribution in [1.82, 2.24) is 10.2 Å². The van der Waals surface area contributed by atoms with E-state index in [1.165, 1.54) is 48.6 Å². The lowest BCUT2D eigenvalue weighted by Gasteiger charge is -2.22. The molecule has 0 spiro atoms. The van der Waals surface area contributed by atoms with Gasteiger partial charge in [0.25, 0.3) is 0 Å². The Morgan fingerprint density at radius 3 is 3.17 bits per heavy atom. The summed E-state index contributed by atoms with van der Waals surface area (Å²) in [5, 5.41) is 3.46. The SMILES string of the molecule is c1cc2c(cc1CN1CCCSCC1)CNCC2. The molecule has 3 heteroatoms. The van der Waals surface area contributed by atoms with Gasteiger partial charge in [0, 0.05) is 25.4 Å². The van der Waals surface area contributed by atoms with Crippen LogP contribution in [0.15, 0.2) is 18.2 Å². The highest BCUT2D eigenvalue weighted by molar-refractivity contribution is 7.99. The molecular formula is C15H22N2S. The third-order valence-electron chi connectivity index (χ3n) is 3.88. The third kappa shape index (κ3) is 3.08. The monoisotopic (exact) mass is 262 g/mol. The minimum atomic E-state index is 1.05. The summed E-state index contributed by atoms with van der Waals surface area (Å²) in [6, 6.07) is 7.10. The standard InChI is InChI=1S/C15H22N2S/c1-6-17(7-9-18-8-1)12-13-2-3-14-4-5-16-11-15(14)10-13/h2-3,10,16H,1,4-9,11-12H2. The normalized spacial score (nSPS) is 21.3. The van der Waals surface area contributed by atoms with Gasteiger partial charge in [-0.05, 0) is 48.4 Å². The molecule has 1 N–H and O–H groups in total. The van der Waals surface area contributed by atoms with Gasteiger partial charge in [0.05, 0.1) is 0 Å². The zero-order chi connectivity index (χ0) is 12.2. The van der Waals surface area contributed by atoms with Crippen molar-refractivity contribution in [3.63, 3.8) is 0 Å². The maximum atomic E-state index is 3.46. The van der Waals surface area contributed by atoms with Crippen LogP contribution in [0.2, 0.25) is 0 Å². The van der Waals surface area contributed by atoms with Crippen molar-refractivity contribution in [3.05, 3.63) is 34.9 Å². The Labute approximate surface area is 114 Å². The Morgan fingerprint density at radius 2 is 2.17 bits per heavy atom. The highest BCUT2D eigenvalue weighted by Gasteiger charge is 2.12. The van der Waals surface area contributed by atoms with E-state index in [1.54, 1.807) is 5.56 Å². The molecular weight excluding hydrogens is 240 g/mol. The largest absolute Gasteiger partial charge is 0.312 e. The molecule has 2 aliphatic heterocycles. The lowest BCUT2D eigenvalue weighted by Crippen LogP contribution is -2.26. The van der Waals surface area contributed by atoms with E-state index in [9.17, 15) is 0 Å². The molecule has 1 saturated heterocycles. The van der Waals surface area contributed by atoms with Gasteiger partial charge in [-0.15, -0.1) is 0 Å². The van der Waals surface area contributed by atoms with Crippen LogP contribution in [0, 0.1) is 0 Å². The first kappa shape index (κ1) is 12.5. The Hall–Kier alpha value is -0.510. The van der Waals surface area contributed by atoms with Gasteiger partial charge in [0.1, 0.15) is 0 Å². The van der Waals surface area contributed by atoms with Gasteiger partial charge in [-0.2, -0.15) is 11.8 Å². The fraction of sp³-hybridized carbons (Fsp3) is 0.600. The van der Waals surface area contributed by atoms with Crippen molar-refractivity contribution < 1.29 is 0 Å². The summed E-state index contributed by atoms with van der Waals surface area (Å²) in [4.78, 5) is 2.61. The van der Waals surface area contributed by atoms with Gasteiger partial charge < -0.3 is 5.32 Å². The minimum Gasteiger partial charge on any atom is -0.312 e. The Kier molecular flexibility index (Phi) is 4.24. The van der Waals surface area contributed by atoms with Crippen molar-refractivity contribution in [3.8, 4) is 0 Å². The zero-order valence-electron chi connectivity index (χ0n) is 11.0. The number of nitrogens with one attached hydrogen (secondary N) is 1. The van der Waals surface area contributed by atoms with Crippen LogP contribution in [0.5, 0.6) is 0 Å². The average Bonchev–Trinajstić information content (AvgIpc) is 2.67. The van der Waals surface area contributed by atoms with E-state index in [1.807, 2.05) is 0 Å². The summed E-state index contributed by atoms with van der Waals surface area (Å²) >= 11 is 2.10. The topological polar surface area (TPSA) is 15.3 Å². The van der Waals surface area contributed by atoms with Gasteiger partial charge in [-0.25, -0.2) is 0 Å². The lowest BCUT2D eigenvalue weighted by molar-refractivity contribution is 0.287. The van der Waals surface area contributed by atoms with Crippen molar-refractivity contribution in [2.45, 2.75) is 25.9 Å². The van der Waals surface area contributed by atoms with E-state index >= 15 is 0 Å². The van der Waals surface area contributed by atoms with E-state index in [4.69, 9.17) is 0 Å². The molecule has 0 radical (unpaired) electrons. The van der Waals surface area contributed by atoms with Crippen molar-refractivity contribution in [1.29, 1.82) is 0 Å².